The van der Waals surface area contributed by atoms with Crippen molar-refractivity contribution < 1.29 is 4.74 Å². The minimum absolute atomic E-state index is 0.623. The summed E-state index contributed by atoms with van der Waals surface area (Å²) in [6.07, 6.45) is 0.830. The molecule has 2 rings (SSSR count). The molecule has 3 nitrogen and oxygen atoms in total. The molecule has 0 amide bonds. The summed E-state index contributed by atoms with van der Waals surface area (Å²) in [5.74, 6) is 0.890. The van der Waals surface area contributed by atoms with Crippen LogP contribution >= 0.6 is 50.7 Å². The van der Waals surface area contributed by atoms with Gasteiger partial charge in [-0.05, 0) is 77.1 Å². The number of para-hydroxylation sites is 1. The van der Waals surface area contributed by atoms with Crippen molar-refractivity contribution in [1.82, 2.24) is 5.32 Å². The van der Waals surface area contributed by atoms with Crippen LogP contribution in [0.5, 0.6) is 5.75 Å². The van der Waals surface area contributed by atoms with Crippen LogP contribution < -0.4 is 15.4 Å². The highest BCUT2D eigenvalue weighted by molar-refractivity contribution is 14.1. The monoisotopic (exact) mass is 490 g/mol. The Hall–Kier alpha value is -0.860. The lowest BCUT2D eigenvalue weighted by atomic mass is 10.1. The fraction of sp³-hybridized carbons (Fsp3) is 0.188. The van der Waals surface area contributed by atoms with Crippen LogP contribution in [0.25, 0.3) is 0 Å². The van der Waals surface area contributed by atoms with E-state index in [0.29, 0.717) is 5.11 Å². The third-order valence-electron chi connectivity index (χ3n) is 3.04. The van der Waals surface area contributed by atoms with Crippen LogP contribution in [-0.2, 0) is 6.42 Å². The smallest absolute Gasteiger partial charge is 0.170 e. The molecule has 0 aliphatic carbocycles. The van der Waals surface area contributed by atoms with Crippen molar-refractivity contribution in [3.05, 3.63) is 56.1 Å². The molecular formula is C16H16BrIN2OS. The fourth-order valence-electron chi connectivity index (χ4n) is 1.98. The minimum Gasteiger partial charge on any atom is -0.496 e. The van der Waals surface area contributed by atoms with Crippen molar-refractivity contribution in [3.8, 4) is 5.75 Å². The van der Waals surface area contributed by atoms with Gasteiger partial charge >= 0.3 is 0 Å². The van der Waals surface area contributed by atoms with E-state index in [2.05, 4.69) is 55.2 Å². The van der Waals surface area contributed by atoms with Gasteiger partial charge < -0.3 is 15.4 Å². The number of rotatable bonds is 5. The molecule has 116 valence electrons. The van der Waals surface area contributed by atoms with E-state index in [0.717, 1.165) is 38.0 Å². The van der Waals surface area contributed by atoms with Crippen LogP contribution in [0.3, 0.4) is 0 Å². The number of ether oxygens (including phenoxy) is 1. The minimum atomic E-state index is 0.623. The number of halogens is 2. The van der Waals surface area contributed by atoms with Crippen molar-refractivity contribution >= 4 is 61.5 Å². The SMILES string of the molecule is COc1ccc(Br)cc1CCNC(=S)Nc1ccccc1I. The van der Waals surface area contributed by atoms with Gasteiger partial charge in [0.2, 0.25) is 0 Å². The number of nitrogens with one attached hydrogen (secondary N) is 2. The number of thiocarbonyl (C=S) groups is 1. The van der Waals surface area contributed by atoms with Gasteiger partial charge in [0, 0.05) is 14.6 Å². The highest BCUT2D eigenvalue weighted by atomic mass is 127. The van der Waals surface area contributed by atoms with Gasteiger partial charge in [-0.3, -0.25) is 0 Å². The number of methoxy groups -OCH3 is 1. The maximum absolute atomic E-state index is 5.37. The van der Waals surface area contributed by atoms with Gasteiger partial charge in [-0.1, -0.05) is 28.1 Å². The summed E-state index contributed by atoms with van der Waals surface area (Å²) in [6, 6.07) is 14.0. The van der Waals surface area contributed by atoms with Gasteiger partial charge in [0.05, 0.1) is 12.8 Å². The maximum Gasteiger partial charge on any atom is 0.170 e. The molecule has 0 heterocycles. The Bertz CT molecular complexity index is 666. The summed E-state index contributed by atoms with van der Waals surface area (Å²) in [6.45, 7) is 0.738. The van der Waals surface area contributed by atoms with Crippen molar-refractivity contribution in [2.75, 3.05) is 19.0 Å². The molecule has 0 fully saturated rings. The zero-order valence-electron chi connectivity index (χ0n) is 12.0. The number of benzene rings is 2. The second-order valence-corrected chi connectivity index (χ2v) is 7.05. The Kier molecular flexibility index (Phi) is 6.91. The maximum atomic E-state index is 5.37. The molecule has 2 N–H and O–H groups in total. The van der Waals surface area contributed by atoms with E-state index < -0.39 is 0 Å². The van der Waals surface area contributed by atoms with Crippen LogP contribution in [0.2, 0.25) is 0 Å². The molecule has 6 heteroatoms. The van der Waals surface area contributed by atoms with Gasteiger partial charge in [0.1, 0.15) is 5.75 Å². The van der Waals surface area contributed by atoms with E-state index in [-0.39, 0.29) is 0 Å². The quantitative estimate of drug-likeness (QED) is 0.474. The summed E-state index contributed by atoms with van der Waals surface area (Å²) >= 11 is 11.1. The molecule has 22 heavy (non-hydrogen) atoms. The van der Waals surface area contributed by atoms with Crippen molar-refractivity contribution in [1.29, 1.82) is 0 Å². The molecule has 0 spiro atoms. The van der Waals surface area contributed by atoms with Gasteiger partial charge in [-0.25, -0.2) is 0 Å². The summed E-state index contributed by atoms with van der Waals surface area (Å²) < 4.78 is 7.55. The molecule has 0 unspecified atom stereocenters. The van der Waals surface area contributed by atoms with Gasteiger partial charge in [-0.2, -0.15) is 0 Å². The van der Waals surface area contributed by atoms with Crippen LogP contribution in [0, 0.1) is 3.57 Å². The standard InChI is InChI=1S/C16H16BrIN2OS/c1-21-15-7-6-12(17)10-11(15)8-9-19-16(22)20-14-5-3-2-4-13(14)18/h2-7,10H,8-9H2,1H3,(H2,19,20,22). The Morgan fingerprint density at radius 3 is 2.77 bits per heavy atom. The van der Waals surface area contributed by atoms with E-state index >= 15 is 0 Å². The Morgan fingerprint density at radius 1 is 1.27 bits per heavy atom. The highest BCUT2D eigenvalue weighted by Gasteiger charge is 2.05. The molecule has 0 saturated heterocycles. The first-order valence-electron chi connectivity index (χ1n) is 6.72. The average molecular weight is 491 g/mol. The third kappa shape index (κ3) is 5.10. The lowest BCUT2D eigenvalue weighted by Crippen LogP contribution is -2.30. The molecule has 0 saturated carbocycles. The lowest BCUT2D eigenvalue weighted by molar-refractivity contribution is 0.409. The molecule has 0 radical (unpaired) electrons. The van der Waals surface area contributed by atoms with E-state index in [1.54, 1.807) is 7.11 Å². The number of anilines is 1. The van der Waals surface area contributed by atoms with Gasteiger partial charge in [0.25, 0.3) is 0 Å². The van der Waals surface area contributed by atoms with Gasteiger partial charge in [-0.15, -0.1) is 0 Å². The normalized spacial score (nSPS) is 10.1. The Balaban J connectivity index is 1.87. The lowest BCUT2D eigenvalue weighted by Gasteiger charge is -2.13. The molecule has 2 aromatic rings. The zero-order chi connectivity index (χ0) is 15.9. The second kappa shape index (κ2) is 8.69. The topological polar surface area (TPSA) is 33.3 Å². The average Bonchev–Trinajstić information content (AvgIpc) is 2.50. The largest absolute Gasteiger partial charge is 0.496 e. The molecule has 2 aromatic carbocycles. The zero-order valence-corrected chi connectivity index (χ0v) is 16.6. The number of hydrogen-bond acceptors (Lipinski definition) is 2. The van der Waals surface area contributed by atoms with Crippen LogP contribution in [0.15, 0.2) is 46.9 Å². The van der Waals surface area contributed by atoms with Crippen molar-refractivity contribution in [3.63, 3.8) is 0 Å². The number of hydrogen-bond donors (Lipinski definition) is 2. The summed E-state index contributed by atoms with van der Waals surface area (Å²) in [7, 11) is 1.68. The first-order valence-corrected chi connectivity index (χ1v) is 9.00. The second-order valence-electron chi connectivity index (χ2n) is 4.57. The van der Waals surface area contributed by atoms with E-state index in [1.807, 2.05) is 36.4 Å². The molecular weight excluding hydrogens is 475 g/mol. The summed E-state index contributed by atoms with van der Waals surface area (Å²) in [5.41, 5.74) is 2.15. The van der Waals surface area contributed by atoms with Crippen molar-refractivity contribution in [2.45, 2.75) is 6.42 Å². The van der Waals surface area contributed by atoms with Crippen LogP contribution in [-0.4, -0.2) is 18.8 Å². The predicted molar refractivity (Wildman–Crippen MR) is 108 cm³/mol. The summed E-state index contributed by atoms with van der Waals surface area (Å²) in [5, 5.41) is 7.06. The Labute approximate surface area is 158 Å². The molecule has 0 aromatic heterocycles. The van der Waals surface area contributed by atoms with E-state index in [1.165, 1.54) is 0 Å². The highest BCUT2D eigenvalue weighted by Crippen LogP contribution is 2.23. The van der Waals surface area contributed by atoms with E-state index in [4.69, 9.17) is 17.0 Å². The fourth-order valence-corrected chi connectivity index (χ4v) is 3.13. The van der Waals surface area contributed by atoms with Crippen LogP contribution in [0.4, 0.5) is 5.69 Å². The first-order chi connectivity index (χ1) is 10.6. The van der Waals surface area contributed by atoms with Gasteiger partial charge in [0.15, 0.2) is 5.11 Å². The predicted octanol–water partition coefficient (Wildman–Crippen LogP) is 4.59. The molecule has 0 atom stereocenters. The summed E-state index contributed by atoms with van der Waals surface area (Å²) in [4.78, 5) is 0. The molecule has 0 bridgehead atoms. The van der Waals surface area contributed by atoms with Crippen LogP contribution in [0.1, 0.15) is 5.56 Å². The Morgan fingerprint density at radius 2 is 2.05 bits per heavy atom. The molecule has 0 aliphatic rings. The van der Waals surface area contributed by atoms with Crippen molar-refractivity contribution in [2.24, 2.45) is 0 Å². The van der Waals surface area contributed by atoms with E-state index in [9.17, 15) is 0 Å². The molecule has 0 aliphatic heterocycles. The first kappa shape index (κ1) is 17.5. The third-order valence-corrected chi connectivity index (χ3v) is 4.72.